The van der Waals surface area contributed by atoms with Gasteiger partial charge < -0.3 is 14.5 Å². The highest BCUT2D eigenvalue weighted by Crippen LogP contribution is 2.27. The fraction of sp³-hybridized carbons (Fsp3) is 0.179. The van der Waals surface area contributed by atoms with Gasteiger partial charge >= 0.3 is 0 Å². The van der Waals surface area contributed by atoms with Crippen LogP contribution in [0.3, 0.4) is 0 Å². The lowest BCUT2D eigenvalue weighted by Crippen LogP contribution is -2.23. The molecule has 0 aliphatic rings. The van der Waals surface area contributed by atoms with E-state index in [1.54, 1.807) is 10.9 Å². The van der Waals surface area contributed by atoms with Crippen LogP contribution >= 0.6 is 0 Å². The van der Waals surface area contributed by atoms with Crippen LogP contribution in [0.2, 0.25) is 0 Å². The van der Waals surface area contributed by atoms with Crippen molar-refractivity contribution in [3.05, 3.63) is 107 Å². The fourth-order valence-electron chi connectivity index (χ4n) is 4.15. The summed E-state index contributed by atoms with van der Waals surface area (Å²) in [5, 5.41) is 8.34. The van der Waals surface area contributed by atoms with E-state index in [1.807, 2.05) is 86.8 Å². The Morgan fingerprint density at radius 2 is 1.83 bits per heavy atom. The summed E-state index contributed by atoms with van der Waals surface area (Å²) in [6.07, 6.45) is 1.63. The molecule has 7 heteroatoms. The van der Waals surface area contributed by atoms with Crippen molar-refractivity contribution in [2.45, 2.75) is 26.7 Å². The first-order valence-electron chi connectivity index (χ1n) is 11.4. The van der Waals surface area contributed by atoms with Crippen LogP contribution in [0.4, 0.5) is 0 Å². The van der Waals surface area contributed by atoms with Crippen molar-refractivity contribution in [2.75, 3.05) is 0 Å². The van der Waals surface area contributed by atoms with Gasteiger partial charge in [0.25, 0.3) is 5.91 Å². The summed E-state index contributed by atoms with van der Waals surface area (Å²) in [7, 11) is 1.85. The summed E-state index contributed by atoms with van der Waals surface area (Å²) in [6.45, 7) is 3.17. The van der Waals surface area contributed by atoms with Gasteiger partial charge in [-0.1, -0.05) is 54.6 Å². The molecule has 1 amide bonds. The minimum atomic E-state index is -0.162. The van der Waals surface area contributed by atoms with Crippen molar-refractivity contribution in [2.24, 2.45) is 7.05 Å². The average molecular weight is 467 g/mol. The van der Waals surface area contributed by atoms with Gasteiger partial charge in [-0.2, -0.15) is 5.10 Å². The Labute approximate surface area is 203 Å². The number of furan rings is 1. The van der Waals surface area contributed by atoms with Crippen molar-refractivity contribution in [3.8, 4) is 11.3 Å². The first kappa shape index (κ1) is 22.6. The molecule has 7 nitrogen and oxygen atoms in total. The quantitative estimate of drug-likeness (QED) is 0.341. The molecular formula is C28H26N4O3. The Morgan fingerprint density at radius 3 is 2.63 bits per heavy atom. The maximum Gasteiger partial charge on any atom is 0.252 e. The van der Waals surface area contributed by atoms with Gasteiger partial charge in [0.1, 0.15) is 12.4 Å². The molecule has 2 aromatic carbocycles. The van der Waals surface area contributed by atoms with Crippen LogP contribution in [0.25, 0.3) is 22.3 Å². The zero-order valence-electron chi connectivity index (χ0n) is 19.7. The predicted molar refractivity (Wildman–Crippen MR) is 133 cm³/mol. The smallest absolute Gasteiger partial charge is 0.252 e. The molecule has 3 aromatic heterocycles. The van der Waals surface area contributed by atoms with E-state index < -0.39 is 0 Å². The van der Waals surface area contributed by atoms with Crippen LogP contribution in [0, 0.1) is 6.92 Å². The van der Waals surface area contributed by atoms with Crippen LogP contribution < -0.4 is 5.32 Å². The third kappa shape index (κ3) is 5.00. The Morgan fingerprint density at radius 1 is 1.00 bits per heavy atom. The van der Waals surface area contributed by atoms with E-state index in [-0.39, 0.29) is 5.91 Å². The third-order valence-corrected chi connectivity index (χ3v) is 5.82. The highest BCUT2D eigenvalue weighted by Gasteiger charge is 2.19. The van der Waals surface area contributed by atoms with Gasteiger partial charge in [-0.25, -0.2) is 4.98 Å². The van der Waals surface area contributed by atoms with Crippen LogP contribution in [-0.4, -0.2) is 20.7 Å². The summed E-state index contributed by atoms with van der Waals surface area (Å²) in [5.74, 6) is 0.628. The number of aryl methyl sites for hydroxylation is 2. The lowest BCUT2D eigenvalue weighted by molar-refractivity contribution is 0.0928. The van der Waals surface area contributed by atoms with E-state index in [0.29, 0.717) is 31.0 Å². The van der Waals surface area contributed by atoms with E-state index >= 15 is 0 Å². The molecule has 0 radical (unpaired) electrons. The van der Waals surface area contributed by atoms with Crippen molar-refractivity contribution in [3.63, 3.8) is 0 Å². The van der Waals surface area contributed by atoms with Gasteiger partial charge in [0.15, 0.2) is 5.65 Å². The lowest BCUT2D eigenvalue weighted by atomic mass is 10.0. The number of fused-ring (bicyclic) bond motifs is 1. The molecule has 0 fully saturated rings. The van der Waals surface area contributed by atoms with Crippen LogP contribution in [0.5, 0.6) is 0 Å². The third-order valence-electron chi connectivity index (χ3n) is 5.82. The van der Waals surface area contributed by atoms with Crippen LogP contribution in [0.15, 0.2) is 83.5 Å². The normalized spacial score (nSPS) is 11.1. The first-order valence-corrected chi connectivity index (χ1v) is 11.4. The van der Waals surface area contributed by atoms with Gasteiger partial charge in [0, 0.05) is 19.2 Å². The number of aromatic nitrogens is 3. The number of benzene rings is 2. The summed E-state index contributed by atoms with van der Waals surface area (Å²) < 4.78 is 12.8. The maximum atomic E-state index is 13.4. The molecule has 3 heterocycles. The largest absolute Gasteiger partial charge is 0.467 e. The van der Waals surface area contributed by atoms with Gasteiger partial charge in [-0.15, -0.1) is 0 Å². The summed E-state index contributed by atoms with van der Waals surface area (Å²) in [4.78, 5) is 18.1. The monoisotopic (exact) mass is 466 g/mol. The van der Waals surface area contributed by atoms with Crippen molar-refractivity contribution >= 4 is 16.9 Å². The molecule has 0 aliphatic heterocycles. The molecular weight excluding hydrogens is 440 g/mol. The Bertz CT molecular complexity index is 1460. The van der Waals surface area contributed by atoms with Crippen molar-refractivity contribution < 1.29 is 13.9 Å². The molecule has 5 aromatic rings. The molecule has 0 aliphatic carbocycles. The van der Waals surface area contributed by atoms with E-state index in [1.165, 1.54) is 0 Å². The molecule has 0 saturated carbocycles. The molecule has 5 rings (SSSR count). The number of amides is 1. The van der Waals surface area contributed by atoms with E-state index in [4.69, 9.17) is 14.1 Å². The standard InChI is InChI=1S/C28H26N4O3/c1-19-26-24(15-25(22-10-4-3-5-11-22)30-27(26)32(2)31-19)28(33)29-16-20-8-6-9-21(14-20)17-34-18-23-12-7-13-35-23/h3-15H,16-18H2,1-2H3,(H,29,33). The first-order chi connectivity index (χ1) is 17.1. The SMILES string of the molecule is Cc1nn(C)c2nc(-c3ccccc3)cc(C(=O)NCc3cccc(COCc4ccco4)c3)c12. The van der Waals surface area contributed by atoms with E-state index in [2.05, 4.69) is 10.4 Å². The molecule has 0 atom stereocenters. The van der Waals surface area contributed by atoms with Crippen LogP contribution in [0.1, 0.15) is 32.9 Å². The molecule has 35 heavy (non-hydrogen) atoms. The number of nitrogens with one attached hydrogen (secondary N) is 1. The highest BCUT2D eigenvalue weighted by atomic mass is 16.5. The Kier molecular flexibility index (Phi) is 6.41. The topological polar surface area (TPSA) is 82.2 Å². The second kappa shape index (κ2) is 9.95. The highest BCUT2D eigenvalue weighted by molar-refractivity contribution is 6.07. The molecule has 176 valence electrons. The van der Waals surface area contributed by atoms with Crippen LogP contribution in [-0.2, 0) is 31.5 Å². The zero-order chi connectivity index (χ0) is 24.2. The number of hydrogen-bond donors (Lipinski definition) is 1. The van der Waals surface area contributed by atoms with E-state index in [9.17, 15) is 4.79 Å². The molecule has 0 saturated heterocycles. The Balaban J connectivity index is 1.33. The molecule has 0 spiro atoms. The lowest BCUT2D eigenvalue weighted by Gasteiger charge is -2.10. The number of hydrogen-bond acceptors (Lipinski definition) is 5. The number of carbonyl (C=O) groups excluding carboxylic acids is 1. The Hall–Kier alpha value is -4.23. The molecule has 0 bridgehead atoms. The molecule has 0 unspecified atom stereocenters. The summed E-state index contributed by atoms with van der Waals surface area (Å²) in [5.41, 5.74) is 5.74. The molecule has 1 N–H and O–H groups in total. The summed E-state index contributed by atoms with van der Waals surface area (Å²) in [6, 6.07) is 23.4. The second-order valence-electron chi connectivity index (χ2n) is 8.40. The zero-order valence-corrected chi connectivity index (χ0v) is 19.7. The van der Waals surface area contributed by atoms with Gasteiger partial charge in [0.05, 0.1) is 35.2 Å². The number of carbonyl (C=O) groups is 1. The minimum Gasteiger partial charge on any atom is -0.467 e. The minimum absolute atomic E-state index is 0.162. The number of rotatable bonds is 8. The van der Waals surface area contributed by atoms with Gasteiger partial charge in [-0.3, -0.25) is 9.48 Å². The number of ether oxygens (including phenoxy) is 1. The fourth-order valence-corrected chi connectivity index (χ4v) is 4.15. The number of nitrogens with zero attached hydrogens (tertiary/aromatic N) is 3. The summed E-state index contributed by atoms with van der Waals surface area (Å²) >= 11 is 0. The van der Waals surface area contributed by atoms with Gasteiger partial charge in [-0.05, 0) is 36.2 Å². The maximum absolute atomic E-state index is 13.4. The predicted octanol–water partition coefficient (Wildman–Crippen LogP) is 5.18. The number of pyridine rings is 1. The van der Waals surface area contributed by atoms with Crippen molar-refractivity contribution in [1.29, 1.82) is 0 Å². The van der Waals surface area contributed by atoms with Crippen molar-refractivity contribution in [1.82, 2.24) is 20.1 Å². The average Bonchev–Trinajstić information content (AvgIpc) is 3.50. The van der Waals surface area contributed by atoms with E-state index in [0.717, 1.165) is 39.2 Å². The van der Waals surface area contributed by atoms with Gasteiger partial charge in [0.2, 0.25) is 0 Å². The second-order valence-corrected chi connectivity index (χ2v) is 8.40.